The molecule has 0 radical (unpaired) electrons. The van der Waals surface area contributed by atoms with Crippen LogP contribution in [0.5, 0.6) is 0 Å². The highest BCUT2D eigenvalue weighted by molar-refractivity contribution is 7.25. The van der Waals surface area contributed by atoms with Crippen LogP contribution in [0.1, 0.15) is 22.3 Å². The third-order valence-electron chi connectivity index (χ3n) is 13.9. The van der Waals surface area contributed by atoms with Crippen molar-refractivity contribution < 1.29 is 0 Å². The quantitative estimate of drug-likeness (QED) is 0.147. The molecule has 0 fully saturated rings. The zero-order valence-corrected chi connectivity index (χ0v) is 37.5. The van der Waals surface area contributed by atoms with E-state index in [1.807, 2.05) is 11.3 Å². The first-order chi connectivity index (χ1) is 33.2. The maximum absolute atomic E-state index is 2.49. The number of fused-ring (bicyclic) bond motifs is 7. The van der Waals surface area contributed by atoms with Gasteiger partial charge < -0.3 is 4.90 Å². The molecule has 0 bridgehead atoms. The van der Waals surface area contributed by atoms with Crippen molar-refractivity contribution in [2.45, 2.75) is 5.41 Å². The molecule has 67 heavy (non-hydrogen) atoms. The number of anilines is 3. The summed E-state index contributed by atoms with van der Waals surface area (Å²) in [5.74, 6) is 0. The molecule has 1 heterocycles. The summed E-state index contributed by atoms with van der Waals surface area (Å²) in [7, 11) is 0. The lowest BCUT2D eigenvalue weighted by Crippen LogP contribution is -2.28. The number of benzene rings is 11. The van der Waals surface area contributed by atoms with Crippen LogP contribution in [0.2, 0.25) is 0 Å². The first-order valence-corrected chi connectivity index (χ1v) is 23.9. The summed E-state index contributed by atoms with van der Waals surface area (Å²) in [6.45, 7) is 0. The average Bonchev–Trinajstić information content (AvgIpc) is 3.93. The molecule has 0 amide bonds. The van der Waals surface area contributed by atoms with Gasteiger partial charge >= 0.3 is 0 Å². The fraction of sp³-hybridized carbons (Fsp3) is 0.0154. The molecule has 12 aromatic rings. The Morgan fingerprint density at radius 3 is 1.69 bits per heavy atom. The van der Waals surface area contributed by atoms with E-state index in [1.165, 1.54) is 97.7 Å². The van der Waals surface area contributed by atoms with Crippen molar-refractivity contribution in [3.63, 3.8) is 0 Å². The van der Waals surface area contributed by atoms with Crippen LogP contribution < -0.4 is 4.90 Å². The third-order valence-corrected chi connectivity index (χ3v) is 15.1. The molecule has 0 spiro atoms. The second-order valence-corrected chi connectivity index (χ2v) is 18.7. The van der Waals surface area contributed by atoms with Gasteiger partial charge in [0.05, 0.1) is 11.1 Å². The van der Waals surface area contributed by atoms with Gasteiger partial charge in [0.2, 0.25) is 0 Å². The van der Waals surface area contributed by atoms with Crippen molar-refractivity contribution in [1.82, 2.24) is 0 Å². The summed E-state index contributed by atoms with van der Waals surface area (Å²) in [5.41, 5.74) is 17.6. The number of thiophene rings is 1. The molecule has 1 aliphatic carbocycles. The smallest absolute Gasteiger partial charge is 0.0714 e. The largest absolute Gasteiger partial charge is 0.310 e. The minimum absolute atomic E-state index is 0.531. The molecule has 0 N–H and O–H groups in total. The second-order valence-electron chi connectivity index (χ2n) is 17.6. The Labute approximate surface area is 395 Å². The first kappa shape index (κ1) is 39.1. The Bertz CT molecular complexity index is 3770. The van der Waals surface area contributed by atoms with Crippen LogP contribution in [-0.2, 0) is 5.41 Å². The standard InChI is InChI=1S/C65H43NS/c1-3-21-50(22-4-1)65(51-23-5-2-6-24-51)59-29-12-9-25-54(59)55-40-39-53(43-60(55)65)66(61-30-13-10-26-56(61)57-28-16-32-63-64(57)58-27-11-14-31-62(58)67-63)52-37-35-45(36-38-52)47-19-15-20-48(41-47)49-34-33-44-17-7-8-18-46(44)42-49/h1-43H. The molecular weight excluding hydrogens is 827 g/mol. The van der Waals surface area contributed by atoms with E-state index in [-0.39, 0.29) is 0 Å². The zero-order chi connectivity index (χ0) is 44.3. The second kappa shape index (κ2) is 16.0. The van der Waals surface area contributed by atoms with Crippen LogP contribution in [0, 0.1) is 0 Å². The Morgan fingerprint density at radius 2 is 0.881 bits per heavy atom. The molecule has 0 saturated carbocycles. The first-order valence-electron chi connectivity index (χ1n) is 23.1. The van der Waals surface area contributed by atoms with Gasteiger partial charge in [-0.3, -0.25) is 0 Å². The molecule has 1 aliphatic rings. The minimum Gasteiger partial charge on any atom is -0.310 e. The number of para-hydroxylation sites is 1. The van der Waals surface area contributed by atoms with Gasteiger partial charge in [0.25, 0.3) is 0 Å². The highest BCUT2D eigenvalue weighted by atomic mass is 32.1. The Balaban J connectivity index is 1.01. The number of rotatable bonds is 8. The van der Waals surface area contributed by atoms with Gasteiger partial charge in [-0.1, -0.05) is 206 Å². The van der Waals surface area contributed by atoms with Gasteiger partial charge in [0, 0.05) is 37.1 Å². The predicted octanol–water partition coefficient (Wildman–Crippen LogP) is 18.0. The molecular formula is C65H43NS. The molecule has 0 atom stereocenters. The lowest BCUT2D eigenvalue weighted by molar-refractivity contribution is 0.768. The van der Waals surface area contributed by atoms with Gasteiger partial charge in [-0.05, 0) is 127 Å². The molecule has 0 aliphatic heterocycles. The number of nitrogens with zero attached hydrogens (tertiary/aromatic N) is 1. The van der Waals surface area contributed by atoms with Crippen molar-refractivity contribution in [3.8, 4) is 44.5 Å². The van der Waals surface area contributed by atoms with Crippen LogP contribution in [0.15, 0.2) is 261 Å². The summed E-state index contributed by atoms with van der Waals surface area (Å²) >= 11 is 1.87. The van der Waals surface area contributed by atoms with E-state index in [1.54, 1.807) is 0 Å². The highest BCUT2D eigenvalue weighted by Crippen LogP contribution is 2.57. The normalized spacial score (nSPS) is 12.6. The third kappa shape index (κ3) is 6.37. The van der Waals surface area contributed by atoms with Gasteiger partial charge in [0.15, 0.2) is 0 Å². The van der Waals surface area contributed by atoms with Crippen molar-refractivity contribution in [2.24, 2.45) is 0 Å². The van der Waals surface area contributed by atoms with Crippen molar-refractivity contribution in [1.29, 1.82) is 0 Å². The van der Waals surface area contributed by atoms with E-state index in [0.717, 1.165) is 17.1 Å². The minimum atomic E-state index is -0.531. The van der Waals surface area contributed by atoms with E-state index in [2.05, 4.69) is 266 Å². The lowest BCUT2D eigenvalue weighted by atomic mass is 9.67. The van der Waals surface area contributed by atoms with E-state index in [9.17, 15) is 0 Å². The fourth-order valence-electron chi connectivity index (χ4n) is 10.9. The van der Waals surface area contributed by atoms with Crippen LogP contribution in [0.4, 0.5) is 17.1 Å². The molecule has 1 nitrogen and oxygen atoms in total. The molecule has 314 valence electrons. The topological polar surface area (TPSA) is 3.24 Å². The molecule has 1 aromatic heterocycles. The Kier molecular flexibility index (Phi) is 9.33. The molecule has 2 heteroatoms. The molecule has 0 unspecified atom stereocenters. The predicted molar refractivity (Wildman–Crippen MR) is 285 cm³/mol. The molecule has 11 aromatic carbocycles. The number of hydrogen-bond acceptors (Lipinski definition) is 2. The van der Waals surface area contributed by atoms with Crippen LogP contribution in [0.3, 0.4) is 0 Å². The summed E-state index contributed by atoms with van der Waals surface area (Å²) < 4.78 is 2.59. The van der Waals surface area contributed by atoms with Gasteiger partial charge in [-0.15, -0.1) is 11.3 Å². The molecule has 13 rings (SSSR count). The van der Waals surface area contributed by atoms with Gasteiger partial charge in [0.1, 0.15) is 0 Å². The number of hydrogen-bond donors (Lipinski definition) is 0. The SMILES string of the molecule is c1ccc(C2(c3ccccc3)c3ccccc3-c3ccc(N(c4ccc(-c5cccc(-c6ccc7ccccc7c6)c5)cc4)c4ccccc4-c4cccc5sc6ccccc6c45)cc32)cc1. The fourth-order valence-corrected chi connectivity index (χ4v) is 12.1. The summed E-state index contributed by atoms with van der Waals surface area (Å²) in [6, 6.07) is 96.4. The van der Waals surface area contributed by atoms with E-state index < -0.39 is 5.41 Å². The zero-order valence-electron chi connectivity index (χ0n) is 36.7. The van der Waals surface area contributed by atoms with E-state index in [0.29, 0.717) is 0 Å². The average molecular weight is 870 g/mol. The lowest BCUT2D eigenvalue weighted by Gasteiger charge is -2.35. The van der Waals surface area contributed by atoms with E-state index >= 15 is 0 Å². The van der Waals surface area contributed by atoms with Crippen LogP contribution >= 0.6 is 11.3 Å². The van der Waals surface area contributed by atoms with Crippen molar-refractivity contribution in [2.75, 3.05) is 4.90 Å². The highest BCUT2D eigenvalue weighted by Gasteiger charge is 2.46. The monoisotopic (exact) mass is 869 g/mol. The molecule has 0 saturated heterocycles. The summed E-state index contributed by atoms with van der Waals surface area (Å²) in [5, 5.41) is 5.09. The van der Waals surface area contributed by atoms with E-state index in [4.69, 9.17) is 0 Å². The van der Waals surface area contributed by atoms with Crippen molar-refractivity contribution >= 4 is 59.3 Å². The Morgan fingerprint density at radius 1 is 0.313 bits per heavy atom. The summed E-state index contributed by atoms with van der Waals surface area (Å²) in [4.78, 5) is 2.49. The van der Waals surface area contributed by atoms with Gasteiger partial charge in [-0.25, -0.2) is 0 Å². The van der Waals surface area contributed by atoms with Crippen LogP contribution in [0.25, 0.3) is 75.5 Å². The van der Waals surface area contributed by atoms with Crippen LogP contribution in [-0.4, -0.2) is 0 Å². The summed E-state index contributed by atoms with van der Waals surface area (Å²) in [6.07, 6.45) is 0. The van der Waals surface area contributed by atoms with Gasteiger partial charge in [-0.2, -0.15) is 0 Å². The Hall–Kier alpha value is -8.30. The maximum Gasteiger partial charge on any atom is 0.0714 e. The maximum atomic E-state index is 2.49. The van der Waals surface area contributed by atoms with Crippen molar-refractivity contribution in [3.05, 3.63) is 283 Å².